The highest BCUT2D eigenvalue weighted by atomic mass is 19.3. The van der Waals surface area contributed by atoms with Crippen LogP contribution in [0.2, 0.25) is 0 Å². The molecular weight excluding hydrogens is 261 g/mol. The maximum Gasteiger partial charge on any atom is 0.255 e. The number of carbonyl (C=O) groups is 2. The number of hydrogen-bond donors (Lipinski definition) is 2. The van der Waals surface area contributed by atoms with Crippen LogP contribution in [0.1, 0.15) is 17.9 Å². The highest BCUT2D eigenvalue weighted by Crippen LogP contribution is 2.36. The van der Waals surface area contributed by atoms with Crippen molar-refractivity contribution in [2.24, 2.45) is 0 Å². The third-order valence-corrected chi connectivity index (χ3v) is 2.83. The minimum atomic E-state index is -2.65. The van der Waals surface area contributed by atoms with E-state index in [0.29, 0.717) is 5.56 Å². The Morgan fingerprint density at radius 2 is 2.16 bits per heavy atom. The topological polar surface area (TPSA) is 58.2 Å². The van der Waals surface area contributed by atoms with Crippen molar-refractivity contribution in [1.82, 2.24) is 5.32 Å². The molecule has 4 nitrogen and oxygen atoms in total. The molecule has 0 radical (unpaired) electrons. The van der Waals surface area contributed by atoms with Gasteiger partial charge in [-0.1, -0.05) is 12.1 Å². The molecular formula is C12H11F3N2O2. The van der Waals surface area contributed by atoms with E-state index in [1.165, 1.54) is 18.2 Å². The van der Waals surface area contributed by atoms with Gasteiger partial charge < -0.3 is 10.6 Å². The van der Waals surface area contributed by atoms with Crippen LogP contribution in [0, 0.1) is 5.82 Å². The summed E-state index contributed by atoms with van der Waals surface area (Å²) in [5.41, 5.74) is 0.427. The Balaban J connectivity index is 2.08. The number of halogens is 3. The molecule has 102 valence electrons. The van der Waals surface area contributed by atoms with E-state index in [1.54, 1.807) is 0 Å². The van der Waals surface area contributed by atoms with Crippen LogP contribution in [0.3, 0.4) is 0 Å². The standard InChI is InChI=1S/C12H11F3N2O2/c13-8-3-1-2-6-7(12(19)17-11(6)8)4-10(18)16-5-9(14)15/h1-3,7,9H,4-5H2,(H,16,18)(H,17,19). The van der Waals surface area contributed by atoms with Gasteiger partial charge in [0.2, 0.25) is 11.8 Å². The molecule has 1 aliphatic heterocycles. The molecule has 1 aliphatic rings. The van der Waals surface area contributed by atoms with Crippen molar-refractivity contribution in [2.75, 3.05) is 11.9 Å². The van der Waals surface area contributed by atoms with Crippen LogP contribution in [0.15, 0.2) is 18.2 Å². The van der Waals surface area contributed by atoms with Crippen molar-refractivity contribution >= 4 is 17.5 Å². The zero-order valence-electron chi connectivity index (χ0n) is 9.75. The number of benzene rings is 1. The van der Waals surface area contributed by atoms with Gasteiger partial charge in [-0.2, -0.15) is 0 Å². The predicted molar refractivity (Wildman–Crippen MR) is 61.4 cm³/mol. The van der Waals surface area contributed by atoms with Gasteiger partial charge in [-0.05, 0) is 11.6 Å². The summed E-state index contributed by atoms with van der Waals surface area (Å²) in [6.07, 6.45) is -2.93. The van der Waals surface area contributed by atoms with Gasteiger partial charge in [0, 0.05) is 6.42 Å². The number of rotatable bonds is 4. The SMILES string of the molecule is O=C(CC1C(=O)Nc2c(F)cccc21)NCC(F)F. The summed E-state index contributed by atoms with van der Waals surface area (Å²) in [6.45, 7) is -0.761. The van der Waals surface area contributed by atoms with E-state index in [-0.39, 0.29) is 12.1 Å². The van der Waals surface area contributed by atoms with Crippen molar-refractivity contribution in [3.05, 3.63) is 29.6 Å². The molecule has 0 spiro atoms. The molecule has 0 saturated heterocycles. The number of alkyl halides is 2. The molecule has 7 heteroatoms. The lowest BCUT2D eigenvalue weighted by Crippen LogP contribution is -2.30. The number of nitrogens with one attached hydrogen (secondary N) is 2. The molecule has 0 aromatic heterocycles. The summed E-state index contributed by atoms with van der Waals surface area (Å²) in [6, 6.07) is 4.15. The fourth-order valence-electron chi connectivity index (χ4n) is 1.97. The smallest absolute Gasteiger partial charge is 0.255 e. The minimum Gasteiger partial charge on any atom is -0.350 e. The van der Waals surface area contributed by atoms with Crippen LogP contribution < -0.4 is 10.6 Å². The first kappa shape index (κ1) is 13.4. The molecule has 2 rings (SSSR count). The maximum absolute atomic E-state index is 13.4. The van der Waals surface area contributed by atoms with Crippen molar-refractivity contribution in [1.29, 1.82) is 0 Å². The molecule has 1 aromatic carbocycles. The van der Waals surface area contributed by atoms with E-state index >= 15 is 0 Å². The van der Waals surface area contributed by atoms with Gasteiger partial charge in [-0.15, -0.1) is 0 Å². The number of para-hydroxylation sites is 1. The van der Waals surface area contributed by atoms with Crippen molar-refractivity contribution in [3.8, 4) is 0 Å². The molecule has 2 N–H and O–H groups in total. The third-order valence-electron chi connectivity index (χ3n) is 2.83. The Hall–Kier alpha value is -2.05. The Morgan fingerprint density at radius 1 is 1.42 bits per heavy atom. The Bertz CT molecular complexity index is 520. The van der Waals surface area contributed by atoms with E-state index in [4.69, 9.17) is 0 Å². The molecule has 1 aromatic rings. The largest absolute Gasteiger partial charge is 0.350 e. The van der Waals surface area contributed by atoms with E-state index in [0.717, 1.165) is 0 Å². The zero-order chi connectivity index (χ0) is 14.0. The van der Waals surface area contributed by atoms with Gasteiger partial charge in [-0.3, -0.25) is 9.59 Å². The third kappa shape index (κ3) is 2.86. The predicted octanol–water partition coefficient (Wildman–Crippen LogP) is 1.63. The van der Waals surface area contributed by atoms with Crippen molar-refractivity contribution in [3.63, 3.8) is 0 Å². The molecule has 2 amide bonds. The lowest BCUT2D eigenvalue weighted by Gasteiger charge is -2.09. The Morgan fingerprint density at radius 3 is 2.84 bits per heavy atom. The monoisotopic (exact) mass is 272 g/mol. The molecule has 0 bridgehead atoms. The highest BCUT2D eigenvalue weighted by molar-refractivity contribution is 6.05. The lowest BCUT2D eigenvalue weighted by molar-refractivity contribution is -0.125. The van der Waals surface area contributed by atoms with Crippen LogP contribution in [0.5, 0.6) is 0 Å². The average molecular weight is 272 g/mol. The number of carbonyl (C=O) groups excluding carboxylic acids is 2. The second-order valence-electron chi connectivity index (χ2n) is 4.15. The normalized spacial score (nSPS) is 17.3. The van der Waals surface area contributed by atoms with Crippen LogP contribution in [-0.4, -0.2) is 24.8 Å². The average Bonchev–Trinajstić information content (AvgIpc) is 2.66. The maximum atomic E-state index is 13.4. The number of hydrogen-bond acceptors (Lipinski definition) is 2. The second kappa shape index (κ2) is 5.29. The van der Waals surface area contributed by atoms with Gasteiger partial charge in [0.15, 0.2) is 0 Å². The van der Waals surface area contributed by atoms with Gasteiger partial charge in [0.25, 0.3) is 6.43 Å². The van der Waals surface area contributed by atoms with E-state index in [2.05, 4.69) is 5.32 Å². The summed E-state index contributed by atoms with van der Waals surface area (Å²) in [5.74, 6) is -2.60. The molecule has 0 aliphatic carbocycles. The van der Waals surface area contributed by atoms with Crippen LogP contribution in [-0.2, 0) is 9.59 Å². The van der Waals surface area contributed by atoms with Gasteiger partial charge in [0.1, 0.15) is 5.82 Å². The first-order valence-electron chi connectivity index (χ1n) is 5.63. The Kier molecular flexibility index (Phi) is 3.73. The van der Waals surface area contributed by atoms with Gasteiger partial charge >= 0.3 is 0 Å². The van der Waals surface area contributed by atoms with Crippen LogP contribution in [0.4, 0.5) is 18.9 Å². The Labute approximate surface area is 107 Å². The first-order valence-corrected chi connectivity index (χ1v) is 5.63. The summed E-state index contributed by atoms with van der Waals surface area (Å²) < 4.78 is 37.3. The molecule has 1 heterocycles. The van der Waals surface area contributed by atoms with Gasteiger partial charge in [-0.25, -0.2) is 13.2 Å². The number of amides is 2. The summed E-state index contributed by atoms with van der Waals surface area (Å²) in [4.78, 5) is 23.1. The molecule has 1 unspecified atom stereocenters. The van der Waals surface area contributed by atoms with E-state index in [1.807, 2.05) is 5.32 Å². The summed E-state index contributed by atoms with van der Waals surface area (Å²) >= 11 is 0. The zero-order valence-corrected chi connectivity index (χ0v) is 9.75. The van der Waals surface area contributed by atoms with Crippen molar-refractivity contribution < 1.29 is 22.8 Å². The summed E-state index contributed by atoms with van der Waals surface area (Å²) in [7, 11) is 0. The fourth-order valence-corrected chi connectivity index (χ4v) is 1.97. The fraction of sp³-hybridized carbons (Fsp3) is 0.333. The van der Waals surface area contributed by atoms with E-state index < -0.39 is 36.5 Å². The molecule has 0 saturated carbocycles. The van der Waals surface area contributed by atoms with Crippen molar-refractivity contribution in [2.45, 2.75) is 18.8 Å². The first-order chi connectivity index (χ1) is 8.99. The second-order valence-corrected chi connectivity index (χ2v) is 4.15. The summed E-state index contributed by atoms with van der Waals surface area (Å²) in [5, 5.41) is 4.36. The highest BCUT2D eigenvalue weighted by Gasteiger charge is 2.33. The quantitative estimate of drug-likeness (QED) is 0.875. The number of fused-ring (bicyclic) bond motifs is 1. The van der Waals surface area contributed by atoms with E-state index in [9.17, 15) is 22.8 Å². The minimum absolute atomic E-state index is 0.0548. The van der Waals surface area contributed by atoms with Gasteiger partial charge in [0.05, 0.1) is 18.2 Å². The molecule has 1 atom stereocenters. The lowest BCUT2D eigenvalue weighted by atomic mass is 9.97. The molecule has 19 heavy (non-hydrogen) atoms. The molecule has 0 fully saturated rings. The number of anilines is 1. The van der Waals surface area contributed by atoms with Crippen LogP contribution in [0.25, 0.3) is 0 Å². The van der Waals surface area contributed by atoms with Crippen LogP contribution >= 0.6 is 0 Å².